The summed E-state index contributed by atoms with van der Waals surface area (Å²) in [5, 5.41) is 8.60. The Kier molecular flexibility index (Phi) is 7.19. The average Bonchev–Trinajstić information content (AvgIpc) is 3.46. The van der Waals surface area contributed by atoms with Gasteiger partial charge in [0, 0.05) is 49.8 Å². The number of benzene rings is 1. The Morgan fingerprint density at radius 2 is 2.03 bits per heavy atom. The molecule has 1 aliphatic heterocycles. The molecule has 2 aliphatic rings. The molecule has 35 heavy (non-hydrogen) atoms. The highest BCUT2D eigenvalue weighted by Crippen LogP contribution is 2.41. The summed E-state index contributed by atoms with van der Waals surface area (Å²) < 4.78 is 8.29. The van der Waals surface area contributed by atoms with Gasteiger partial charge in [-0.1, -0.05) is 44.2 Å². The van der Waals surface area contributed by atoms with Gasteiger partial charge in [0.25, 0.3) is 0 Å². The van der Waals surface area contributed by atoms with Gasteiger partial charge in [-0.25, -0.2) is 0 Å². The molecule has 6 heteroatoms. The van der Waals surface area contributed by atoms with Crippen LogP contribution in [-0.4, -0.2) is 37.5 Å². The molecule has 0 bridgehead atoms. The highest BCUT2D eigenvalue weighted by molar-refractivity contribution is 5.40. The van der Waals surface area contributed by atoms with Gasteiger partial charge >= 0.3 is 0 Å². The number of aromatic nitrogens is 4. The summed E-state index contributed by atoms with van der Waals surface area (Å²) in [5.74, 6) is 2.08. The predicted molar refractivity (Wildman–Crippen MR) is 138 cm³/mol. The third-order valence-corrected chi connectivity index (χ3v) is 7.93. The van der Waals surface area contributed by atoms with E-state index >= 15 is 0 Å². The molecule has 2 unspecified atom stereocenters. The molecule has 6 nitrogen and oxygen atoms in total. The third-order valence-electron chi connectivity index (χ3n) is 7.93. The van der Waals surface area contributed by atoms with Crippen molar-refractivity contribution in [3.63, 3.8) is 0 Å². The second-order valence-electron chi connectivity index (χ2n) is 10.5. The molecule has 5 rings (SSSR count). The normalized spacial score (nSPS) is 20.8. The fourth-order valence-electron chi connectivity index (χ4n) is 5.86. The Hall–Kier alpha value is -2.73. The van der Waals surface area contributed by atoms with Crippen LogP contribution in [0.3, 0.4) is 0 Å². The number of ether oxygens (including phenoxy) is 1. The number of fused-ring (bicyclic) bond motifs is 2. The monoisotopic (exact) mass is 473 g/mol. The van der Waals surface area contributed by atoms with Crippen LogP contribution >= 0.6 is 0 Å². The predicted octanol–water partition coefficient (Wildman–Crippen LogP) is 5.73. The summed E-state index contributed by atoms with van der Waals surface area (Å²) in [6.07, 6.45) is 11.5. The van der Waals surface area contributed by atoms with Gasteiger partial charge in [0.05, 0.1) is 5.69 Å². The van der Waals surface area contributed by atoms with E-state index in [4.69, 9.17) is 4.74 Å². The van der Waals surface area contributed by atoms with Gasteiger partial charge in [0.1, 0.15) is 11.9 Å². The highest BCUT2D eigenvalue weighted by Gasteiger charge is 2.33. The maximum Gasteiger partial charge on any atom is 0.127 e. The zero-order valence-corrected chi connectivity index (χ0v) is 21.7. The molecule has 3 atom stereocenters. The maximum atomic E-state index is 6.37. The number of hydrogen-bond acceptors (Lipinski definition) is 5. The van der Waals surface area contributed by atoms with Crippen LogP contribution in [0.15, 0.2) is 42.9 Å². The van der Waals surface area contributed by atoms with E-state index in [0.29, 0.717) is 17.9 Å². The van der Waals surface area contributed by atoms with Crippen molar-refractivity contribution in [1.29, 1.82) is 0 Å². The van der Waals surface area contributed by atoms with Crippen LogP contribution in [0.1, 0.15) is 86.9 Å². The minimum Gasteiger partial charge on any atom is -0.489 e. The smallest absolute Gasteiger partial charge is 0.127 e. The Balaban J connectivity index is 1.38. The van der Waals surface area contributed by atoms with Crippen molar-refractivity contribution in [3.8, 4) is 5.75 Å². The molecule has 3 heterocycles. The first-order chi connectivity index (χ1) is 17.1. The number of aryl methyl sites for hydroxylation is 3. The fraction of sp³-hybridized carbons (Fsp3) is 0.552. The van der Waals surface area contributed by atoms with Gasteiger partial charge in [0.15, 0.2) is 0 Å². The van der Waals surface area contributed by atoms with Gasteiger partial charge in [-0.15, -0.1) is 5.10 Å². The lowest BCUT2D eigenvalue weighted by Crippen LogP contribution is -2.34. The van der Waals surface area contributed by atoms with E-state index in [2.05, 4.69) is 72.3 Å². The van der Waals surface area contributed by atoms with E-state index in [-0.39, 0.29) is 6.10 Å². The van der Waals surface area contributed by atoms with Crippen LogP contribution in [0.4, 0.5) is 0 Å². The van der Waals surface area contributed by atoms with Crippen LogP contribution in [0.2, 0.25) is 0 Å². The van der Waals surface area contributed by atoms with Crippen LogP contribution < -0.4 is 4.74 Å². The Bertz CT molecular complexity index is 1140. The summed E-state index contributed by atoms with van der Waals surface area (Å²) >= 11 is 0. The molecule has 3 aromatic rings. The number of nitrogens with zero attached hydrogens (tertiary/aromatic N) is 5. The molecular formula is C29H39N5O. The van der Waals surface area contributed by atoms with Crippen LogP contribution in [-0.2, 0) is 25.9 Å². The molecule has 1 aliphatic carbocycles. The molecule has 0 amide bonds. The van der Waals surface area contributed by atoms with Crippen molar-refractivity contribution in [2.45, 2.75) is 91.0 Å². The topological polar surface area (TPSA) is 56.1 Å². The van der Waals surface area contributed by atoms with Crippen molar-refractivity contribution in [1.82, 2.24) is 24.9 Å². The second-order valence-corrected chi connectivity index (χ2v) is 10.5. The number of pyridine rings is 1. The summed E-state index contributed by atoms with van der Waals surface area (Å²) in [6, 6.07) is 9.76. The zero-order chi connectivity index (χ0) is 24.4. The lowest BCUT2D eigenvalue weighted by atomic mass is 9.83. The Morgan fingerprint density at radius 1 is 1.14 bits per heavy atom. The maximum absolute atomic E-state index is 6.37. The van der Waals surface area contributed by atoms with Gasteiger partial charge in [-0.3, -0.25) is 14.6 Å². The lowest BCUT2D eigenvalue weighted by Gasteiger charge is -2.30. The third kappa shape index (κ3) is 5.13. The molecule has 186 valence electrons. The van der Waals surface area contributed by atoms with Gasteiger partial charge in [0.2, 0.25) is 0 Å². The quantitative estimate of drug-likeness (QED) is 0.418. The minimum atomic E-state index is 0.214. The van der Waals surface area contributed by atoms with Crippen LogP contribution in [0.25, 0.3) is 0 Å². The lowest BCUT2D eigenvalue weighted by molar-refractivity contribution is 0.112. The summed E-state index contributed by atoms with van der Waals surface area (Å²) in [6.45, 7) is 11.7. The molecule has 0 N–H and O–H groups in total. The molecule has 0 radical (unpaired) electrons. The number of hydrogen-bond donors (Lipinski definition) is 0. The van der Waals surface area contributed by atoms with Gasteiger partial charge < -0.3 is 4.74 Å². The second kappa shape index (κ2) is 10.5. The van der Waals surface area contributed by atoms with Crippen LogP contribution in [0, 0.1) is 5.92 Å². The first-order valence-electron chi connectivity index (χ1n) is 13.4. The van der Waals surface area contributed by atoms with Crippen molar-refractivity contribution < 1.29 is 4.74 Å². The number of rotatable bonds is 8. The van der Waals surface area contributed by atoms with E-state index in [1.54, 1.807) is 0 Å². The van der Waals surface area contributed by atoms with Gasteiger partial charge in [-0.05, 0) is 73.6 Å². The molecule has 1 aromatic carbocycles. The average molecular weight is 474 g/mol. The van der Waals surface area contributed by atoms with Crippen molar-refractivity contribution >= 4 is 0 Å². The van der Waals surface area contributed by atoms with Gasteiger partial charge in [-0.2, -0.15) is 0 Å². The van der Waals surface area contributed by atoms with Crippen molar-refractivity contribution in [3.05, 3.63) is 70.8 Å². The first-order valence-corrected chi connectivity index (χ1v) is 13.4. The molecule has 0 saturated carbocycles. The van der Waals surface area contributed by atoms with E-state index in [9.17, 15) is 0 Å². The highest BCUT2D eigenvalue weighted by atomic mass is 16.5. The zero-order valence-electron chi connectivity index (χ0n) is 21.7. The molecule has 0 spiro atoms. The van der Waals surface area contributed by atoms with Crippen molar-refractivity contribution in [2.24, 2.45) is 5.92 Å². The van der Waals surface area contributed by atoms with E-state index in [1.807, 2.05) is 23.1 Å². The van der Waals surface area contributed by atoms with E-state index < -0.39 is 0 Å². The molecule has 0 saturated heterocycles. The largest absolute Gasteiger partial charge is 0.489 e. The summed E-state index contributed by atoms with van der Waals surface area (Å²) in [5.41, 5.74) is 6.80. The molecular weight excluding hydrogens is 434 g/mol. The standard InChI is InChI=1S/C29H39N5O/c1-5-25-19-33(17-23-16-30-14-13-29(23)35-25)28-12-9-21-7-8-22(15-27(21)28)26(20(3)4)11-10-24-18-34(6-2)32-31-24/h7-8,13-16,18,20,25-26,28H,5-6,9-12,17,19H2,1-4H3/t25-,26?,28?/m1/s1. The Morgan fingerprint density at radius 3 is 2.80 bits per heavy atom. The minimum absolute atomic E-state index is 0.214. The molecule has 2 aromatic heterocycles. The summed E-state index contributed by atoms with van der Waals surface area (Å²) in [7, 11) is 0. The fourth-order valence-corrected chi connectivity index (χ4v) is 5.86. The summed E-state index contributed by atoms with van der Waals surface area (Å²) in [4.78, 5) is 7.03. The van der Waals surface area contributed by atoms with E-state index in [1.165, 1.54) is 28.7 Å². The Labute approximate surface area is 209 Å². The first kappa shape index (κ1) is 24.0. The van der Waals surface area contributed by atoms with Crippen molar-refractivity contribution in [2.75, 3.05) is 6.54 Å². The SMILES string of the molecule is CC[C@@H]1CN(C2CCc3ccc(C(CCc4cn(CC)nn4)C(C)C)cc32)Cc2cnccc2O1. The van der Waals surface area contributed by atoms with Crippen LogP contribution in [0.5, 0.6) is 5.75 Å². The van der Waals surface area contributed by atoms with E-state index in [0.717, 1.165) is 56.8 Å². The molecule has 0 fully saturated rings.